The van der Waals surface area contributed by atoms with Gasteiger partial charge in [0.2, 0.25) is 5.95 Å². The van der Waals surface area contributed by atoms with Crippen molar-refractivity contribution in [2.75, 3.05) is 5.32 Å². The van der Waals surface area contributed by atoms with E-state index in [1.54, 1.807) is 18.3 Å². The van der Waals surface area contributed by atoms with Crippen LogP contribution in [-0.2, 0) is 0 Å². The van der Waals surface area contributed by atoms with Crippen LogP contribution in [0.15, 0.2) is 36.8 Å². The highest BCUT2D eigenvalue weighted by atomic mass is 19.1. The first-order valence-corrected chi connectivity index (χ1v) is 9.21. The zero-order valence-corrected chi connectivity index (χ0v) is 16.0. The van der Waals surface area contributed by atoms with Crippen LogP contribution in [0.2, 0.25) is 0 Å². The monoisotopic (exact) mass is 401 g/mol. The predicted octanol–water partition coefficient (Wildman–Crippen LogP) is 2.69. The molecule has 1 saturated carbocycles. The first-order valence-electron chi connectivity index (χ1n) is 9.21. The Hall–Kier alpha value is -3.07. The zero-order valence-electron chi connectivity index (χ0n) is 16.0. The Balaban J connectivity index is 1.82. The zero-order chi connectivity index (χ0) is 21.0. The van der Waals surface area contributed by atoms with Crippen molar-refractivity contribution in [3.05, 3.63) is 48.3 Å². The molecule has 0 radical (unpaired) electrons. The van der Waals surface area contributed by atoms with Crippen LogP contribution in [0.3, 0.4) is 0 Å². The van der Waals surface area contributed by atoms with E-state index < -0.39 is 29.2 Å². The lowest BCUT2D eigenvalue weighted by Gasteiger charge is -2.34. The molecule has 0 unspecified atom stereocenters. The van der Waals surface area contributed by atoms with E-state index in [4.69, 9.17) is 5.73 Å². The van der Waals surface area contributed by atoms with Crippen LogP contribution in [0, 0.1) is 5.95 Å². The van der Waals surface area contributed by atoms with Crippen LogP contribution in [0.25, 0.3) is 16.6 Å². The van der Waals surface area contributed by atoms with Gasteiger partial charge in [-0.15, -0.1) is 0 Å². The van der Waals surface area contributed by atoms with Gasteiger partial charge in [-0.05, 0) is 44.9 Å². The molecule has 3 atom stereocenters. The summed E-state index contributed by atoms with van der Waals surface area (Å²) in [6.07, 6.45) is 5.05. The highest BCUT2D eigenvalue weighted by molar-refractivity contribution is 6.02. The molecule has 3 aromatic rings. The number of fused-ring (bicyclic) bond motifs is 1. The molecule has 0 bridgehead atoms. The van der Waals surface area contributed by atoms with Gasteiger partial charge in [0, 0.05) is 23.5 Å². The molecule has 4 rings (SSSR count). The largest absolute Gasteiger partial charge is 0.387 e. The maximum atomic E-state index is 15.3. The molecule has 9 heteroatoms. The predicted molar refractivity (Wildman–Crippen MR) is 104 cm³/mol. The number of aromatic nitrogens is 3. The number of carbonyl (C=O) groups excluding carboxylic acids is 1. The van der Waals surface area contributed by atoms with Crippen molar-refractivity contribution in [3.63, 3.8) is 0 Å². The molecule has 29 heavy (non-hydrogen) atoms. The summed E-state index contributed by atoms with van der Waals surface area (Å²) >= 11 is 0. The third kappa shape index (κ3) is 3.11. The van der Waals surface area contributed by atoms with E-state index in [-0.39, 0.29) is 12.0 Å². The van der Waals surface area contributed by atoms with Crippen molar-refractivity contribution in [1.29, 1.82) is 0 Å². The Bertz CT molecular complexity index is 1090. The number of anilines is 1. The second-order valence-electron chi connectivity index (χ2n) is 7.81. The molecule has 0 aliphatic heterocycles. The molecular weight excluding hydrogens is 380 g/mol. The molecule has 152 valence electrons. The Morgan fingerprint density at radius 2 is 2.10 bits per heavy atom. The molecule has 0 saturated heterocycles. The first-order chi connectivity index (χ1) is 13.6. The fourth-order valence-electron chi connectivity index (χ4n) is 3.80. The fourth-order valence-corrected chi connectivity index (χ4v) is 3.80. The van der Waals surface area contributed by atoms with E-state index >= 15 is 4.39 Å². The summed E-state index contributed by atoms with van der Waals surface area (Å²) in [6.45, 7) is 2.80. The number of aliphatic hydroxyl groups is 1. The Labute approximate surface area is 165 Å². The number of primary amides is 1. The lowest BCUT2D eigenvalue weighted by Crippen LogP contribution is -2.50. The van der Waals surface area contributed by atoms with Crippen LogP contribution in [-0.4, -0.2) is 42.9 Å². The summed E-state index contributed by atoms with van der Waals surface area (Å²) in [7, 11) is 0. The highest BCUT2D eigenvalue weighted by Gasteiger charge is 2.55. The van der Waals surface area contributed by atoms with Gasteiger partial charge in [-0.3, -0.25) is 4.79 Å². The Kier molecular flexibility index (Phi) is 4.30. The van der Waals surface area contributed by atoms with Crippen molar-refractivity contribution in [2.24, 2.45) is 5.73 Å². The van der Waals surface area contributed by atoms with Crippen molar-refractivity contribution in [1.82, 2.24) is 14.6 Å². The molecule has 1 amide bonds. The molecule has 1 aliphatic rings. The van der Waals surface area contributed by atoms with Gasteiger partial charge in [0.15, 0.2) is 5.67 Å². The van der Waals surface area contributed by atoms with E-state index in [0.29, 0.717) is 28.8 Å². The molecule has 4 N–H and O–H groups in total. The summed E-state index contributed by atoms with van der Waals surface area (Å²) in [4.78, 5) is 15.6. The molecule has 1 aliphatic carbocycles. The summed E-state index contributed by atoms with van der Waals surface area (Å²) in [5, 5.41) is 17.7. The van der Waals surface area contributed by atoms with E-state index in [0.717, 1.165) is 0 Å². The van der Waals surface area contributed by atoms with Crippen LogP contribution in [0.5, 0.6) is 0 Å². The van der Waals surface area contributed by atoms with E-state index in [1.807, 2.05) is 0 Å². The third-order valence-corrected chi connectivity index (χ3v) is 5.91. The minimum atomic E-state index is -1.92. The van der Waals surface area contributed by atoms with Gasteiger partial charge in [-0.1, -0.05) is 0 Å². The number of carbonyl (C=O) groups is 1. The SMILES string of the molecule is C[C@@]1(O)CC[C@@H](Nc2c(C(N)=O)cnn3cc(-c4ccc(F)nc4)cc23)[C@@]1(C)F. The lowest BCUT2D eigenvalue weighted by atomic mass is 9.89. The maximum Gasteiger partial charge on any atom is 0.252 e. The number of alkyl halides is 1. The number of hydrogen-bond donors (Lipinski definition) is 3. The molecule has 7 nitrogen and oxygen atoms in total. The van der Waals surface area contributed by atoms with Gasteiger partial charge in [-0.2, -0.15) is 9.49 Å². The molecule has 3 heterocycles. The number of halogens is 2. The number of nitrogens with zero attached hydrogens (tertiary/aromatic N) is 3. The summed E-state index contributed by atoms with van der Waals surface area (Å²) < 4.78 is 29.9. The second-order valence-corrected chi connectivity index (χ2v) is 7.81. The number of amides is 1. The number of rotatable bonds is 4. The van der Waals surface area contributed by atoms with Crippen molar-refractivity contribution in [3.8, 4) is 11.1 Å². The number of nitrogens with two attached hydrogens (primary N) is 1. The standard InChI is InChI=1S/C20H21F2N5O2/c1-19(29)6-5-15(20(19,2)22)26-17-13(18(23)28)9-25-27-10-12(7-14(17)27)11-3-4-16(21)24-8-11/h3-4,7-10,15,26,29H,5-6H2,1-2H3,(H2,23,28)/t15-,19-,20-/m1/s1. The maximum absolute atomic E-state index is 15.3. The quantitative estimate of drug-likeness (QED) is 0.583. The first kappa shape index (κ1) is 19.3. The average molecular weight is 401 g/mol. The van der Waals surface area contributed by atoms with Crippen molar-refractivity contribution < 1.29 is 18.7 Å². The third-order valence-electron chi connectivity index (χ3n) is 5.91. The van der Waals surface area contributed by atoms with E-state index in [1.165, 1.54) is 36.8 Å². The average Bonchev–Trinajstić information content (AvgIpc) is 3.17. The molecule has 0 aromatic carbocycles. The van der Waals surface area contributed by atoms with Crippen LogP contribution in [0.1, 0.15) is 37.0 Å². The smallest absolute Gasteiger partial charge is 0.252 e. The molecular formula is C20H21F2N5O2. The van der Waals surface area contributed by atoms with Crippen molar-refractivity contribution >= 4 is 17.1 Å². The molecule has 1 fully saturated rings. The van der Waals surface area contributed by atoms with Gasteiger partial charge >= 0.3 is 0 Å². The van der Waals surface area contributed by atoms with E-state index in [2.05, 4.69) is 15.4 Å². The topological polar surface area (TPSA) is 106 Å². The molecule has 0 spiro atoms. The lowest BCUT2D eigenvalue weighted by molar-refractivity contribution is -0.0598. The number of nitrogens with one attached hydrogen (secondary N) is 1. The normalized spacial score (nSPS) is 26.7. The molecule has 3 aromatic heterocycles. The number of hydrogen-bond acceptors (Lipinski definition) is 5. The van der Waals surface area contributed by atoms with Crippen LogP contribution < -0.4 is 11.1 Å². The summed E-state index contributed by atoms with van der Waals surface area (Å²) in [5.74, 6) is -1.30. The fraction of sp³-hybridized carbons (Fsp3) is 0.350. The minimum absolute atomic E-state index is 0.113. The van der Waals surface area contributed by atoms with Crippen molar-refractivity contribution in [2.45, 2.75) is 44.0 Å². The summed E-state index contributed by atoms with van der Waals surface area (Å²) in [6, 6.07) is 3.83. The highest BCUT2D eigenvalue weighted by Crippen LogP contribution is 2.44. The van der Waals surface area contributed by atoms with Gasteiger partial charge in [-0.25, -0.2) is 13.9 Å². The van der Waals surface area contributed by atoms with Gasteiger partial charge in [0.05, 0.1) is 34.6 Å². The van der Waals surface area contributed by atoms with Crippen LogP contribution >= 0.6 is 0 Å². The second kappa shape index (κ2) is 6.48. The summed E-state index contributed by atoms with van der Waals surface area (Å²) in [5.41, 5.74) is 4.40. The minimum Gasteiger partial charge on any atom is -0.387 e. The number of pyridine rings is 1. The van der Waals surface area contributed by atoms with E-state index in [9.17, 15) is 14.3 Å². The van der Waals surface area contributed by atoms with Gasteiger partial charge in [0.1, 0.15) is 0 Å². The Morgan fingerprint density at radius 1 is 1.34 bits per heavy atom. The van der Waals surface area contributed by atoms with Gasteiger partial charge < -0.3 is 16.2 Å². The Morgan fingerprint density at radius 3 is 2.69 bits per heavy atom. The van der Waals surface area contributed by atoms with Gasteiger partial charge in [0.25, 0.3) is 5.91 Å². The van der Waals surface area contributed by atoms with Crippen LogP contribution in [0.4, 0.5) is 14.5 Å².